The van der Waals surface area contributed by atoms with Crippen LogP contribution in [0.2, 0.25) is 5.15 Å². The number of rotatable bonds is 5. The standard InChI is InChI=1S/C21H23ClN6/c1-13-8-14(2)28(26-13)21-23-18(22)9-19(25-21)24-20-16-11-27(12-17(16)20)10-15-6-4-3-5-7-15/h3-9,16-17,20H,10-12H2,1-2H3,(H,23,24,25). The van der Waals surface area contributed by atoms with E-state index >= 15 is 0 Å². The summed E-state index contributed by atoms with van der Waals surface area (Å²) in [5.74, 6) is 2.64. The van der Waals surface area contributed by atoms with Crippen LogP contribution in [0, 0.1) is 25.7 Å². The van der Waals surface area contributed by atoms with E-state index in [0.29, 0.717) is 29.0 Å². The molecule has 1 N–H and O–H groups in total. The lowest BCUT2D eigenvalue weighted by Crippen LogP contribution is -2.27. The molecule has 0 spiro atoms. The van der Waals surface area contributed by atoms with Crippen LogP contribution in [0.3, 0.4) is 0 Å². The van der Waals surface area contributed by atoms with Crippen molar-refractivity contribution < 1.29 is 0 Å². The molecular formula is C21H23ClN6. The zero-order valence-electron chi connectivity index (χ0n) is 16.0. The molecule has 2 aromatic heterocycles. The molecule has 1 saturated heterocycles. The summed E-state index contributed by atoms with van der Waals surface area (Å²) in [6.07, 6.45) is 0. The molecule has 6 nitrogen and oxygen atoms in total. The first kappa shape index (κ1) is 17.6. The minimum absolute atomic E-state index is 0.427. The molecule has 5 rings (SSSR count). The summed E-state index contributed by atoms with van der Waals surface area (Å²) in [6, 6.07) is 14.9. The SMILES string of the molecule is Cc1cc(C)n(-c2nc(Cl)cc(NC3C4CN(Cc5ccccc5)CC43)n2)n1. The largest absolute Gasteiger partial charge is 0.366 e. The van der Waals surface area contributed by atoms with E-state index < -0.39 is 0 Å². The van der Waals surface area contributed by atoms with Crippen molar-refractivity contribution >= 4 is 17.4 Å². The molecule has 2 aliphatic rings. The van der Waals surface area contributed by atoms with Crippen molar-refractivity contribution in [3.05, 3.63) is 64.6 Å². The Bertz CT molecular complexity index is 989. The van der Waals surface area contributed by atoms with Crippen molar-refractivity contribution in [3.63, 3.8) is 0 Å². The lowest BCUT2D eigenvalue weighted by Gasteiger charge is -2.20. The molecule has 3 aromatic rings. The number of fused-ring (bicyclic) bond motifs is 1. The Morgan fingerprint density at radius 1 is 1.07 bits per heavy atom. The molecule has 1 aromatic carbocycles. The van der Waals surface area contributed by atoms with Crippen molar-refractivity contribution in [3.8, 4) is 5.95 Å². The Labute approximate surface area is 169 Å². The van der Waals surface area contributed by atoms with E-state index in [0.717, 1.165) is 36.8 Å². The molecule has 0 radical (unpaired) electrons. The number of nitrogens with one attached hydrogen (secondary N) is 1. The van der Waals surface area contributed by atoms with Crippen LogP contribution in [0.25, 0.3) is 5.95 Å². The zero-order valence-corrected chi connectivity index (χ0v) is 16.8. The second-order valence-electron chi connectivity index (χ2n) is 7.89. The van der Waals surface area contributed by atoms with E-state index in [2.05, 4.69) is 55.6 Å². The maximum absolute atomic E-state index is 6.26. The number of hydrogen-bond acceptors (Lipinski definition) is 5. The van der Waals surface area contributed by atoms with E-state index in [-0.39, 0.29) is 0 Å². The highest BCUT2D eigenvalue weighted by Gasteiger charge is 2.55. The van der Waals surface area contributed by atoms with Gasteiger partial charge in [0.2, 0.25) is 0 Å². The predicted octanol–water partition coefficient (Wildman–Crippen LogP) is 3.47. The minimum Gasteiger partial charge on any atom is -0.366 e. The lowest BCUT2D eigenvalue weighted by molar-refractivity contribution is 0.292. The van der Waals surface area contributed by atoms with Crippen LogP contribution in [-0.2, 0) is 6.54 Å². The fourth-order valence-corrected chi connectivity index (χ4v) is 4.55. The van der Waals surface area contributed by atoms with Crippen LogP contribution in [0.5, 0.6) is 0 Å². The van der Waals surface area contributed by atoms with Gasteiger partial charge in [0.25, 0.3) is 5.95 Å². The van der Waals surface area contributed by atoms with Gasteiger partial charge in [0.05, 0.1) is 5.69 Å². The van der Waals surface area contributed by atoms with Crippen LogP contribution < -0.4 is 5.32 Å². The first-order chi connectivity index (χ1) is 13.6. The molecule has 1 saturated carbocycles. The van der Waals surface area contributed by atoms with Gasteiger partial charge in [-0.2, -0.15) is 15.1 Å². The third-order valence-corrected chi connectivity index (χ3v) is 5.91. The van der Waals surface area contributed by atoms with Crippen LogP contribution >= 0.6 is 11.6 Å². The van der Waals surface area contributed by atoms with E-state index in [1.54, 1.807) is 10.7 Å². The van der Waals surface area contributed by atoms with E-state index in [1.165, 1.54) is 5.56 Å². The van der Waals surface area contributed by atoms with Crippen LogP contribution in [0.1, 0.15) is 17.0 Å². The number of likely N-dealkylation sites (tertiary alicyclic amines) is 1. The van der Waals surface area contributed by atoms with Gasteiger partial charge < -0.3 is 5.32 Å². The number of hydrogen-bond donors (Lipinski definition) is 1. The Morgan fingerprint density at radius 2 is 1.82 bits per heavy atom. The summed E-state index contributed by atoms with van der Waals surface area (Å²) in [5, 5.41) is 8.47. The summed E-state index contributed by atoms with van der Waals surface area (Å²) >= 11 is 6.26. The van der Waals surface area contributed by atoms with Gasteiger partial charge in [-0.05, 0) is 37.3 Å². The molecule has 2 unspecified atom stereocenters. The molecular weight excluding hydrogens is 372 g/mol. The first-order valence-electron chi connectivity index (χ1n) is 9.68. The van der Waals surface area contributed by atoms with Crippen molar-refractivity contribution in [1.29, 1.82) is 0 Å². The van der Waals surface area contributed by atoms with Crippen molar-refractivity contribution in [2.45, 2.75) is 26.4 Å². The highest BCUT2D eigenvalue weighted by Crippen LogP contribution is 2.47. The number of benzene rings is 1. The molecule has 3 heterocycles. The van der Waals surface area contributed by atoms with Crippen molar-refractivity contribution in [2.75, 3.05) is 18.4 Å². The topological polar surface area (TPSA) is 58.9 Å². The summed E-state index contributed by atoms with van der Waals surface area (Å²) in [7, 11) is 0. The van der Waals surface area contributed by atoms with Gasteiger partial charge in [-0.15, -0.1) is 0 Å². The average Bonchev–Trinajstić information content (AvgIpc) is 2.99. The molecule has 2 fully saturated rings. The minimum atomic E-state index is 0.427. The number of nitrogens with zero attached hydrogens (tertiary/aromatic N) is 5. The maximum atomic E-state index is 6.26. The molecule has 144 valence electrons. The number of anilines is 1. The van der Waals surface area contributed by atoms with Crippen LogP contribution in [-0.4, -0.2) is 43.8 Å². The Hall–Kier alpha value is -2.44. The Kier molecular flexibility index (Phi) is 4.33. The molecule has 1 aliphatic carbocycles. The van der Waals surface area contributed by atoms with Gasteiger partial charge in [0, 0.05) is 37.4 Å². The number of aryl methyl sites for hydroxylation is 2. The number of aromatic nitrogens is 4. The van der Waals surface area contributed by atoms with Crippen LogP contribution in [0.15, 0.2) is 42.5 Å². The lowest BCUT2D eigenvalue weighted by atomic mass is 10.2. The van der Waals surface area contributed by atoms with Crippen LogP contribution in [0.4, 0.5) is 5.82 Å². The summed E-state index contributed by atoms with van der Waals surface area (Å²) in [6.45, 7) is 7.23. The Balaban J connectivity index is 1.25. The quantitative estimate of drug-likeness (QED) is 0.671. The first-order valence-corrected chi connectivity index (χ1v) is 10.1. The molecule has 2 atom stereocenters. The monoisotopic (exact) mass is 394 g/mol. The van der Waals surface area contributed by atoms with Crippen molar-refractivity contribution in [2.24, 2.45) is 11.8 Å². The van der Waals surface area contributed by atoms with E-state index in [9.17, 15) is 0 Å². The van der Waals surface area contributed by atoms with E-state index in [1.807, 2.05) is 19.9 Å². The Morgan fingerprint density at radius 3 is 2.50 bits per heavy atom. The smallest absolute Gasteiger partial charge is 0.254 e. The predicted molar refractivity (Wildman–Crippen MR) is 110 cm³/mol. The fourth-order valence-electron chi connectivity index (χ4n) is 4.37. The molecule has 28 heavy (non-hydrogen) atoms. The van der Waals surface area contributed by atoms with Gasteiger partial charge in [0.1, 0.15) is 11.0 Å². The third kappa shape index (κ3) is 3.38. The second kappa shape index (κ2) is 6.87. The van der Waals surface area contributed by atoms with Crippen molar-refractivity contribution in [1.82, 2.24) is 24.6 Å². The fraction of sp³-hybridized carbons (Fsp3) is 0.381. The van der Waals surface area contributed by atoms with Gasteiger partial charge in [0.15, 0.2) is 0 Å². The summed E-state index contributed by atoms with van der Waals surface area (Å²) in [5.41, 5.74) is 3.31. The normalized spacial score (nSPS) is 23.6. The highest BCUT2D eigenvalue weighted by atomic mass is 35.5. The number of piperidine rings is 1. The van der Waals surface area contributed by atoms with Gasteiger partial charge in [-0.1, -0.05) is 41.9 Å². The van der Waals surface area contributed by atoms with E-state index in [4.69, 9.17) is 11.6 Å². The molecule has 0 bridgehead atoms. The zero-order chi connectivity index (χ0) is 19.3. The van der Waals surface area contributed by atoms with Gasteiger partial charge in [-0.25, -0.2) is 4.68 Å². The third-order valence-electron chi connectivity index (χ3n) is 5.72. The average molecular weight is 395 g/mol. The maximum Gasteiger partial charge on any atom is 0.254 e. The number of halogens is 1. The second-order valence-corrected chi connectivity index (χ2v) is 8.28. The summed E-state index contributed by atoms with van der Waals surface area (Å²) < 4.78 is 1.74. The molecule has 1 aliphatic heterocycles. The van der Waals surface area contributed by atoms with Gasteiger partial charge >= 0.3 is 0 Å². The molecule has 7 heteroatoms. The highest BCUT2D eigenvalue weighted by molar-refractivity contribution is 6.29. The van der Waals surface area contributed by atoms with Gasteiger partial charge in [-0.3, -0.25) is 4.90 Å². The summed E-state index contributed by atoms with van der Waals surface area (Å²) in [4.78, 5) is 11.5. The molecule has 0 amide bonds.